The summed E-state index contributed by atoms with van der Waals surface area (Å²) in [5.74, 6) is 0. The molecule has 0 aliphatic heterocycles. The Morgan fingerprint density at radius 1 is 1.55 bits per heavy atom. The zero-order chi connectivity index (χ0) is 9.28. The lowest BCUT2D eigenvalue weighted by atomic mass is 10.3. The van der Waals surface area contributed by atoms with E-state index in [-0.39, 0.29) is 0 Å². The summed E-state index contributed by atoms with van der Waals surface area (Å²) in [5, 5.41) is 2.77. The van der Waals surface area contributed by atoms with Gasteiger partial charge in [-0.15, -0.1) is 0 Å². The molecule has 0 aliphatic carbocycles. The van der Waals surface area contributed by atoms with E-state index >= 15 is 0 Å². The van der Waals surface area contributed by atoms with E-state index in [1.807, 2.05) is 20.8 Å². The largest absolute Gasteiger partial charge is 0.338 e. The van der Waals surface area contributed by atoms with Crippen LogP contribution in [0.15, 0.2) is 17.1 Å². The molecule has 2 nitrogen and oxygen atoms in total. The molecule has 1 N–H and O–H groups in total. The number of hydrogen-bond acceptors (Lipinski definition) is 2. The van der Waals surface area contributed by atoms with Crippen LogP contribution in [0.4, 0.5) is 0 Å². The molecule has 0 atom stereocenters. The minimum Gasteiger partial charge on any atom is -0.338 e. The molecule has 0 amide bonds. The van der Waals surface area contributed by atoms with Crippen molar-refractivity contribution in [2.45, 2.75) is 20.8 Å². The van der Waals surface area contributed by atoms with Gasteiger partial charge in [0.05, 0.1) is 6.34 Å². The first-order chi connectivity index (χ1) is 5.18. The number of rotatable bonds is 2. The van der Waals surface area contributed by atoms with Gasteiger partial charge in [-0.05, 0) is 12.5 Å². The number of nitrogens with zero attached hydrogens (tertiary/aromatic N) is 1. The van der Waals surface area contributed by atoms with Crippen LogP contribution >= 0.6 is 12.2 Å². The maximum atomic E-state index is 4.84. The van der Waals surface area contributed by atoms with E-state index in [2.05, 4.69) is 16.9 Å². The summed E-state index contributed by atoms with van der Waals surface area (Å²) in [6.45, 7) is 9.49. The van der Waals surface area contributed by atoms with Gasteiger partial charge in [0.25, 0.3) is 0 Å². The van der Waals surface area contributed by atoms with Crippen molar-refractivity contribution < 1.29 is 0 Å². The minimum absolute atomic E-state index is 0.639. The summed E-state index contributed by atoms with van der Waals surface area (Å²) in [6, 6.07) is 0. The second-order valence-electron chi connectivity index (χ2n) is 1.64. The van der Waals surface area contributed by atoms with E-state index in [1.54, 1.807) is 7.05 Å². The molecule has 0 bridgehead atoms. The normalized spacial score (nSPS) is 8.36. The van der Waals surface area contributed by atoms with E-state index in [1.165, 1.54) is 6.34 Å². The third-order valence-corrected chi connectivity index (χ3v) is 1.18. The summed E-state index contributed by atoms with van der Waals surface area (Å²) in [7, 11) is 1.67. The molecular formula is C8H16N2S. The molecule has 3 heteroatoms. The summed E-state index contributed by atoms with van der Waals surface area (Å²) >= 11 is 4.84. The molecule has 0 heterocycles. The SMILES string of the molecule is C=C(C)C(=S)NC=NC.CC. The zero-order valence-corrected chi connectivity index (χ0v) is 8.46. The first-order valence-corrected chi connectivity index (χ1v) is 3.96. The summed E-state index contributed by atoms with van der Waals surface area (Å²) in [6.07, 6.45) is 1.54. The van der Waals surface area contributed by atoms with E-state index in [0.29, 0.717) is 4.99 Å². The summed E-state index contributed by atoms with van der Waals surface area (Å²) in [4.78, 5) is 4.33. The molecule has 0 aliphatic rings. The molecule has 0 unspecified atom stereocenters. The fourth-order valence-corrected chi connectivity index (χ4v) is 0.299. The highest BCUT2D eigenvalue weighted by Gasteiger charge is 1.89. The molecule has 0 radical (unpaired) electrons. The Balaban J connectivity index is 0. The van der Waals surface area contributed by atoms with Gasteiger partial charge in [0.1, 0.15) is 4.99 Å². The molecule has 0 aromatic heterocycles. The maximum Gasteiger partial charge on any atom is 0.106 e. The molecule has 64 valence electrons. The Hall–Kier alpha value is -0.700. The van der Waals surface area contributed by atoms with Crippen LogP contribution in [0.25, 0.3) is 0 Å². The van der Waals surface area contributed by atoms with Crippen LogP contribution in [-0.2, 0) is 0 Å². The fourth-order valence-electron chi connectivity index (χ4n) is 0.246. The average molecular weight is 172 g/mol. The second-order valence-corrected chi connectivity index (χ2v) is 2.05. The average Bonchev–Trinajstić information content (AvgIpc) is 2.03. The Labute approximate surface area is 74.4 Å². The van der Waals surface area contributed by atoms with Gasteiger partial charge in [0, 0.05) is 7.05 Å². The standard InChI is InChI=1S/C6H10N2S.C2H6/c1-5(2)6(9)8-4-7-3;1-2/h4H,1H2,2-3H3,(H,7,8,9);1-2H3. The van der Waals surface area contributed by atoms with Crippen molar-refractivity contribution in [2.75, 3.05) is 7.05 Å². The summed E-state index contributed by atoms with van der Waals surface area (Å²) < 4.78 is 0. The molecule has 0 aromatic carbocycles. The monoisotopic (exact) mass is 172 g/mol. The summed E-state index contributed by atoms with van der Waals surface area (Å²) in [5.41, 5.74) is 0.852. The first-order valence-electron chi connectivity index (χ1n) is 3.55. The van der Waals surface area contributed by atoms with Crippen LogP contribution in [0.2, 0.25) is 0 Å². The van der Waals surface area contributed by atoms with Crippen LogP contribution in [0.5, 0.6) is 0 Å². The van der Waals surface area contributed by atoms with Crippen LogP contribution < -0.4 is 5.32 Å². The fraction of sp³-hybridized carbons (Fsp3) is 0.500. The van der Waals surface area contributed by atoms with Gasteiger partial charge in [-0.25, -0.2) is 0 Å². The molecule has 11 heavy (non-hydrogen) atoms. The van der Waals surface area contributed by atoms with Crippen LogP contribution in [0, 0.1) is 0 Å². The lowest BCUT2D eigenvalue weighted by Gasteiger charge is -1.98. The van der Waals surface area contributed by atoms with Crippen LogP contribution in [-0.4, -0.2) is 18.4 Å². The minimum atomic E-state index is 0.639. The van der Waals surface area contributed by atoms with E-state index in [0.717, 1.165) is 5.57 Å². The Bertz CT molecular complexity index is 150. The maximum absolute atomic E-state index is 4.84. The van der Waals surface area contributed by atoms with Crippen LogP contribution in [0.1, 0.15) is 20.8 Å². The van der Waals surface area contributed by atoms with Crippen molar-refractivity contribution in [3.05, 3.63) is 12.2 Å². The van der Waals surface area contributed by atoms with E-state index in [4.69, 9.17) is 12.2 Å². The third-order valence-electron chi connectivity index (χ3n) is 0.712. The topological polar surface area (TPSA) is 24.4 Å². The molecule has 0 aromatic rings. The van der Waals surface area contributed by atoms with E-state index < -0.39 is 0 Å². The number of thiocarbonyl (C=S) groups is 1. The van der Waals surface area contributed by atoms with Crippen LogP contribution in [0.3, 0.4) is 0 Å². The number of aliphatic imine (C=N–C) groups is 1. The number of hydrogen-bond donors (Lipinski definition) is 1. The van der Waals surface area contributed by atoms with Gasteiger partial charge >= 0.3 is 0 Å². The highest BCUT2D eigenvalue weighted by Crippen LogP contribution is 1.86. The zero-order valence-electron chi connectivity index (χ0n) is 7.64. The Morgan fingerprint density at radius 3 is 2.27 bits per heavy atom. The molecule has 0 saturated carbocycles. The van der Waals surface area contributed by atoms with Gasteiger partial charge < -0.3 is 5.32 Å². The van der Waals surface area contributed by atoms with Crippen molar-refractivity contribution in [3.8, 4) is 0 Å². The van der Waals surface area contributed by atoms with Crippen molar-refractivity contribution >= 4 is 23.5 Å². The van der Waals surface area contributed by atoms with E-state index in [9.17, 15) is 0 Å². The van der Waals surface area contributed by atoms with Crippen molar-refractivity contribution in [1.82, 2.24) is 5.32 Å². The van der Waals surface area contributed by atoms with Crippen molar-refractivity contribution in [2.24, 2.45) is 4.99 Å². The third kappa shape index (κ3) is 9.30. The molecule has 0 spiro atoms. The molecule has 0 fully saturated rings. The lowest BCUT2D eigenvalue weighted by Crippen LogP contribution is -2.19. The molecule has 0 rings (SSSR count). The highest BCUT2D eigenvalue weighted by atomic mass is 32.1. The predicted molar refractivity (Wildman–Crippen MR) is 56.3 cm³/mol. The predicted octanol–water partition coefficient (Wildman–Crippen LogP) is 2.16. The highest BCUT2D eigenvalue weighted by molar-refractivity contribution is 7.80. The Morgan fingerprint density at radius 2 is 2.00 bits per heavy atom. The molecular weight excluding hydrogens is 156 g/mol. The quantitative estimate of drug-likeness (QED) is 0.299. The van der Waals surface area contributed by atoms with Gasteiger partial charge in [-0.3, -0.25) is 4.99 Å². The van der Waals surface area contributed by atoms with Gasteiger partial charge in [-0.2, -0.15) is 0 Å². The Kier molecular flexibility index (Phi) is 10.9. The van der Waals surface area contributed by atoms with Gasteiger partial charge in [0.15, 0.2) is 0 Å². The molecule has 0 saturated heterocycles. The van der Waals surface area contributed by atoms with Crippen molar-refractivity contribution in [3.63, 3.8) is 0 Å². The lowest BCUT2D eigenvalue weighted by molar-refractivity contribution is 1.35. The van der Waals surface area contributed by atoms with Gasteiger partial charge in [-0.1, -0.05) is 32.6 Å². The smallest absolute Gasteiger partial charge is 0.106 e. The van der Waals surface area contributed by atoms with Crippen molar-refractivity contribution in [1.29, 1.82) is 0 Å². The second kappa shape index (κ2) is 9.30. The first kappa shape index (κ1) is 12.9. The van der Waals surface area contributed by atoms with Gasteiger partial charge in [0.2, 0.25) is 0 Å². The number of nitrogens with one attached hydrogen (secondary N) is 1.